The lowest BCUT2D eigenvalue weighted by molar-refractivity contribution is 0.491. The van der Waals surface area contributed by atoms with E-state index in [4.69, 9.17) is 6.57 Å². The predicted octanol–water partition coefficient (Wildman–Crippen LogP) is 2.07. The van der Waals surface area contributed by atoms with Crippen LogP contribution in [-0.4, -0.2) is 18.1 Å². The lowest BCUT2D eigenvalue weighted by Crippen LogP contribution is -2.28. The minimum absolute atomic E-state index is 0.193. The molecular weight excluding hydrogens is 136 g/mol. The van der Waals surface area contributed by atoms with E-state index in [1.54, 1.807) is 0 Å². The van der Waals surface area contributed by atoms with E-state index in [-0.39, 0.29) is 5.54 Å². The van der Waals surface area contributed by atoms with E-state index in [1.165, 1.54) is 0 Å². The minimum atomic E-state index is -0.193. The third-order valence-electron chi connectivity index (χ3n) is 1.59. The van der Waals surface area contributed by atoms with Gasteiger partial charge < -0.3 is 10.2 Å². The molecule has 1 N–H and O–H groups in total. The average Bonchev–Trinajstić information content (AvgIpc) is 1.87. The smallest absolute Gasteiger partial charge is 0.228 e. The number of nitrogens with zero attached hydrogens (tertiary/aromatic N) is 1. The summed E-state index contributed by atoms with van der Waals surface area (Å²) >= 11 is 0. The number of rotatable bonds is 4. The van der Waals surface area contributed by atoms with Crippen LogP contribution in [0.25, 0.3) is 4.85 Å². The van der Waals surface area contributed by atoms with Crippen LogP contribution in [0.5, 0.6) is 0 Å². The fraction of sp³-hybridized carbons (Fsp3) is 0.889. The van der Waals surface area contributed by atoms with Gasteiger partial charge in [0, 0.05) is 32.9 Å². The molecule has 0 aromatic rings. The third-order valence-corrected chi connectivity index (χ3v) is 1.59. The number of nitrogens with one attached hydrogen (secondary N) is 1. The zero-order chi connectivity index (χ0) is 8.91. The maximum absolute atomic E-state index is 6.89. The molecule has 0 fully saturated rings. The van der Waals surface area contributed by atoms with Crippen LogP contribution >= 0.6 is 0 Å². The summed E-state index contributed by atoms with van der Waals surface area (Å²) in [7, 11) is 0. The largest absolute Gasteiger partial charge is 0.314 e. The molecule has 2 nitrogen and oxygen atoms in total. The average molecular weight is 154 g/mol. The molecule has 0 aliphatic carbocycles. The molecule has 0 spiro atoms. The Hall–Kier alpha value is -0.550. The van der Waals surface area contributed by atoms with Gasteiger partial charge in [-0.3, -0.25) is 0 Å². The molecule has 0 atom stereocenters. The van der Waals surface area contributed by atoms with Crippen molar-refractivity contribution in [1.82, 2.24) is 5.32 Å². The highest BCUT2D eigenvalue weighted by Crippen LogP contribution is 2.12. The number of hydrogen-bond acceptors (Lipinski definition) is 1. The normalized spacial score (nSPS) is 11.6. The first kappa shape index (κ1) is 10.4. The topological polar surface area (TPSA) is 16.4 Å². The van der Waals surface area contributed by atoms with Crippen LogP contribution in [0.2, 0.25) is 0 Å². The Morgan fingerprint density at radius 2 is 2.00 bits per heavy atom. The molecule has 0 saturated heterocycles. The van der Waals surface area contributed by atoms with E-state index in [9.17, 15) is 0 Å². The van der Waals surface area contributed by atoms with Crippen molar-refractivity contribution in [2.45, 2.75) is 45.7 Å². The van der Waals surface area contributed by atoms with Crippen molar-refractivity contribution in [3.63, 3.8) is 0 Å². The Bertz CT molecular complexity index is 142. The summed E-state index contributed by atoms with van der Waals surface area (Å²) in [6.45, 7) is 16.0. The zero-order valence-electron chi connectivity index (χ0n) is 7.94. The van der Waals surface area contributed by atoms with Crippen LogP contribution < -0.4 is 5.32 Å². The van der Waals surface area contributed by atoms with Crippen molar-refractivity contribution in [1.29, 1.82) is 0 Å². The van der Waals surface area contributed by atoms with E-state index < -0.39 is 0 Å². The van der Waals surface area contributed by atoms with Gasteiger partial charge in [0.15, 0.2) is 0 Å². The van der Waals surface area contributed by atoms with Gasteiger partial charge in [-0.25, -0.2) is 6.57 Å². The van der Waals surface area contributed by atoms with Crippen LogP contribution in [0.3, 0.4) is 0 Å². The maximum Gasteiger partial charge on any atom is 0.228 e. The Morgan fingerprint density at radius 3 is 2.36 bits per heavy atom. The Kier molecular flexibility index (Phi) is 4.14. The van der Waals surface area contributed by atoms with Gasteiger partial charge in [-0.05, 0) is 0 Å². The summed E-state index contributed by atoms with van der Waals surface area (Å²) in [5.74, 6) is 0. The highest BCUT2D eigenvalue weighted by Gasteiger charge is 2.21. The first-order valence-corrected chi connectivity index (χ1v) is 4.10. The Labute approximate surface area is 69.8 Å². The molecular formula is C9H18N2. The molecule has 0 bridgehead atoms. The summed E-state index contributed by atoms with van der Waals surface area (Å²) in [4.78, 5) is 3.53. The predicted molar refractivity (Wildman–Crippen MR) is 48.4 cm³/mol. The zero-order valence-corrected chi connectivity index (χ0v) is 7.94. The molecule has 0 aliphatic rings. The second-order valence-corrected chi connectivity index (χ2v) is 3.78. The molecule has 0 aliphatic heterocycles. The van der Waals surface area contributed by atoms with Crippen LogP contribution in [-0.2, 0) is 0 Å². The van der Waals surface area contributed by atoms with Crippen molar-refractivity contribution in [2.75, 3.05) is 6.54 Å². The van der Waals surface area contributed by atoms with Crippen molar-refractivity contribution in [2.24, 2.45) is 0 Å². The van der Waals surface area contributed by atoms with Crippen LogP contribution in [0, 0.1) is 6.57 Å². The molecule has 0 radical (unpaired) electrons. The van der Waals surface area contributed by atoms with Gasteiger partial charge in [0.25, 0.3) is 0 Å². The van der Waals surface area contributed by atoms with Crippen LogP contribution in [0.4, 0.5) is 0 Å². The van der Waals surface area contributed by atoms with Crippen LogP contribution in [0.15, 0.2) is 0 Å². The molecule has 11 heavy (non-hydrogen) atoms. The van der Waals surface area contributed by atoms with Gasteiger partial charge in [0.2, 0.25) is 5.54 Å². The van der Waals surface area contributed by atoms with Gasteiger partial charge >= 0.3 is 0 Å². The van der Waals surface area contributed by atoms with E-state index in [2.05, 4.69) is 24.0 Å². The van der Waals surface area contributed by atoms with Crippen molar-refractivity contribution in [3.8, 4) is 0 Å². The fourth-order valence-corrected chi connectivity index (χ4v) is 0.723. The highest BCUT2D eigenvalue weighted by atomic mass is 14.9. The minimum Gasteiger partial charge on any atom is -0.314 e. The summed E-state index contributed by atoms with van der Waals surface area (Å²) < 4.78 is 0. The molecule has 0 saturated carbocycles. The van der Waals surface area contributed by atoms with Crippen molar-refractivity contribution in [3.05, 3.63) is 11.4 Å². The van der Waals surface area contributed by atoms with E-state index in [0.717, 1.165) is 13.0 Å². The first-order valence-electron chi connectivity index (χ1n) is 4.10. The summed E-state index contributed by atoms with van der Waals surface area (Å²) in [6, 6.07) is 0.525. The Morgan fingerprint density at radius 1 is 1.45 bits per heavy atom. The van der Waals surface area contributed by atoms with Gasteiger partial charge in [-0.2, -0.15) is 0 Å². The van der Waals surface area contributed by atoms with Gasteiger partial charge in [0.1, 0.15) is 0 Å². The molecule has 0 aromatic carbocycles. The summed E-state index contributed by atoms with van der Waals surface area (Å²) in [5.41, 5.74) is -0.193. The maximum atomic E-state index is 6.89. The van der Waals surface area contributed by atoms with Gasteiger partial charge in [-0.1, -0.05) is 13.8 Å². The lowest BCUT2D eigenvalue weighted by Gasteiger charge is -2.12. The molecule has 0 aromatic heterocycles. The van der Waals surface area contributed by atoms with Crippen LogP contribution in [0.1, 0.15) is 34.1 Å². The highest BCUT2D eigenvalue weighted by molar-refractivity contribution is 4.89. The summed E-state index contributed by atoms with van der Waals surface area (Å²) in [5, 5.41) is 3.29. The van der Waals surface area contributed by atoms with Crippen molar-refractivity contribution < 1.29 is 0 Å². The SMILES string of the molecule is [C-]#[N+]C(C)(C)CCNC(C)C. The standard InChI is InChI=1S/C9H18N2/c1-8(2)11-7-6-9(3,4)10-5/h8,11H,6-7H2,1-4H3. The van der Waals surface area contributed by atoms with Crippen molar-refractivity contribution >= 4 is 0 Å². The second kappa shape index (κ2) is 4.35. The van der Waals surface area contributed by atoms with Gasteiger partial charge in [-0.15, -0.1) is 0 Å². The Balaban J connectivity index is 3.48. The monoisotopic (exact) mass is 154 g/mol. The van der Waals surface area contributed by atoms with E-state index >= 15 is 0 Å². The molecule has 64 valence electrons. The molecule has 0 unspecified atom stereocenters. The summed E-state index contributed by atoms with van der Waals surface area (Å²) in [6.07, 6.45) is 0.925. The molecule has 0 rings (SSSR count). The second-order valence-electron chi connectivity index (χ2n) is 3.78. The quantitative estimate of drug-likeness (QED) is 0.613. The third kappa shape index (κ3) is 5.87. The molecule has 0 heterocycles. The first-order chi connectivity index (χ1) is 4.98. The lowest BCUT2D eigenvalue weighted by atomic mass is 10.0. The molecule has 2 heteroatoms. The van der Waals surface area contributed by atoms with E-state index in [1.807, 2.05) is 13.8 Å². The van der Waals surface area contributed by atoms with Gasteiger partial charge in [0.05, 0.1) is 0 Å². The molecule has 0 amide bonds. The fourth-order valence-electron chi connectivity index (χ4n) is 0.723. The van der Waals surface area contributed by atoms with E-state index in [0.29, 0.717) is 6.04 Å². The number of hydrogen-bond donors (Lipinski definition) is 1.